The van der Waals surface area contributed by atoms with Gasteiger partial charge in [0.25, 0.3) is 0 Å². The van der Waals surface area contributed by atoms with Crippen molar-refractivity contribution in [2.24, 2.45) is 0 Å². The molecule has 4 nitrogen and oxygen atoms in total. The third-order valence-corrected chi connectivity index (χ3v) is 2.56. The van der Waals surface area contributed by atoms with Crippen LogP contribution in [0.2, 0.25) is 0 Å². The summed E-state index contributed by atoms with van der Waals surface area (Å²) < 4.78 is 5.32. The number of aryl methyl sites for hydroxylation is 1. The highest BCUT2D eigenvalue weighted by Gasteiger charge is 2.08. The van der Waals surface area contributed by atoms with E-state index in [0.717, 1.165) is 23.4 Å². The van der Waals surface area contributed by atoms with E-state index in [1.54, 1.807) is 13.2 Å². The van der Waals surface area contributed by atoms with Crippen molar-refractivity contribution >= 4 is 5.82 Å². The molecule has 16 heavy (non-hydrogen) atoms. The number of anilines is 1. The van der Waals surface area contributed by atoms with Gasteiger partial charge in [-0.2, -0.15) is 5.10 Å². The van der Waals surface area contributed by atoms with Crippen LogP contribution in [-0.4, -0.2) is 17.3 Å². The number of nitrogens with one attached hydrogen (secondary N) is 1. The molecule has 0 fully saturated rings. The Morgan fingerprint density at radius 1 is 1.38 bits per heavy atom. The van der Waals surface area contributed by atoms with E-state index in [1.165, 1.54) is 5.56 Å². The summed E-state index contributed by atoms with van der Waals surface area (Å²) in [4.78, 5) is 0. The molecule has 1 heterocycles. The zero-order valence-electron chi connectivity index (χ0n) is 9.45. The molecule has 0 saturated heterocycles. The Morgan fingerprint density at radius 3 is 2.75 bits per heavy atom. The number of nitrogens with two attached hydrogens (primary N) is 1. The van der Waals surface area contributed by atoms with Gasteiger partial charge in [-0.1, -0.05) is 13.0 Å². The molecule has 0 bridgehead atoms. The first-order valence-corrected chi connectivity index (χ1v) is 5.22. The summed E-state index contributed by atoms with van der Waals surface area (Å²) in [6.07, 6.45) is 0.987. The van der Waals surface area contributed by atoms with E-state index in [4.69, 9.17) is 10.5 Å². The molecule has 0 aliphatic heterocycles. The molecule has 2 rings (SSSR count). The zero-order chi connectivity index (χ0) is 11.5. The second-order valence-corrected chi connectivity index (χ2v) is 3.59. The maximum atomic E-state index is 5.59. The van der Waals surface area contributed by atoms with E-state index in [9.17, 15) is 0 Å². The minimum Gasteiger partial charge on any atom is -0.496 e. The molecule has 0 amide bonds. The van der Waals surface area contributed by atoms with Crippen molar-refractivity contribution in [3.63, 3.8) is 0 Å². The summed E-state index contributed by atoms with van der Waals surface area (Å²) >= 11 is 0. The SMILES string of the molecule is CCc1ccc(OC)c(-c2cc(N)n[nH]2)c1. The van der Waals surface area contributed by atoms with Crippen LogP contribution in [0.15, 0.2) is 24.3 Å². The first-order valence-electron chi connectivity index (χ1n) is 5.22. The summed E-state index contributed by atoms with van der Waals surface area (Å²) in [5.74, 6) is 1.31. The van der Waals surface area contributed by atoms with Gasteiger partial charge in [0.1, 0.15) is 11.6 Å². The molecular weight excluding hydrogens is 202 g/mol. The predicted octanol–water partition coefficient (Wildman–Crippen LogP) is 2.23. The molecular formula is C12H15N3O. The van der Waals surface area contributed by atoms with Crippen LogP contribution in [0.1, 0.15) is 12.5 Å². The van der Waals surface area contributed by atoms with Crippen molar-refractivity contribution in [3.05, 3.63) is 29.8 Å². The Bertz CT molecular complexity index is 491. The quantitative estimate of drug-likeness (QED) is 0.828. The van der Waals surface area contributed by atoms with Crippen LogP contribution in [0.4, 0.5) is 5.82 Å². The molecule has 0 unspecified atom stereocenters. The average Bonchev–Trinajstić information content (AvgIpc) is 2.75. The predicted molar refractivity (Wildman–Crippen MR) is 64.4 cm³/mol. The van der Waals surface area contributed by atoms with Crippen molar-refractivity contribution in [3.8, 4) is 17.0 Å². The number of aromatic amines is 1. The van der Waals surface area contributed by atoms with Crippen LogP contribution in [0, 0.1) is 0 Å². The number of hydrogen-bond donors (Lipinski definition) is 2. The molecule has 0 atom stereocenters. The van der Waals surface area contributed by atoms with Gasteiger partial charge in [-0.15, -0.1) is 0 Å². The summed E-state index contributed by atoms with van der Waals surface area (Å²) in [5.41, 5.74) is 8.72. The van der Waals surface area contributed by atoms with Crippen LogP contribution in [0.3, 0.4) is 0 Å². The molecule has 1 aromatic carbocycles. The van der Waals surface area contributed by atoms with Gasteiger partial charge in [-0.05, 0) is 24.1 Å². The van der Waals surface area contributed by atoms with Gasteiger partial charge in [-0.3, -0.25) is 5.10 Å². The van der Waals surface area contributed by atoms with Gasteiger partial charge in [0.05, 0.1) is 12.8 Å². The number of ether oxygens (including phenoxy) is 1. The van der Waals surface area contributed by atoms with Crippen molar-refractivity contribution in [1.29, 1.82) is 0 Å². The number of nitrogens with zero attached hydrogens (tertiary/aromatic N) is 1. The Morgan fingerprint density at radius 2 is 2.19 bits per heavy atom. The molecule has 0 saturated carbocycles. The third-order valence-electron chi connectivity index (χ3n) is 2.56. The van der Waals surface area contributed by atoms with Crippen LogP contribution in [-0.2, 0) is 6.42 Å². The van der Waals surface area contributed by atoms with E-state index in [0.29, 0.717) is 5.82 Å². The number of hydrogen-bond acceptors (Lipinski definition) is 3. The third kappa shape index (κ3) is 1.86. The molecule has 4 heteroatoms. The maximum Gasteiger partial charge on any atom is 0.145 e. The van der Waals surface area contributed by atoms with Crippen LogP contribution >= 0.6 is 0 Å². The number of methoxy groups -OCH3 is 1. The fourth-order valence-electron chi connectivity index (χ4n) is 1.66. The fourth-order valence-corrected chi connectivity index (χ4v) is 1.66. The van der Waals surface area contributed by atoms with E-state index in [-0.39, 0.29) is 0 Å². The largest absolute Gasteiger partial charge is 0.496 e. The standard InChI is InChI=1S/C12H15N3O/c1-3-8-4-5-11(16-2)9(6-8)10-7-12(13)15-14-10/h4-7H,3H2,1-2H3,(H3,13,14,15). The van der Waals surface area contributed by atoms with Gasteiger partial charge in [0, 0.05) is 11.6 Å². The van der Waals surface area contributed by atoms with E-state index in [2.05, 4.69) is 29.3 Å². The molecule has 3 N–H and O–H groups in total. The number of nitrogen functional groups attached to an aromatic ring is 1. The van der Waals surface area contributed by atoms with E-state index >= 15 is 0 Å². The summed E-state index contributed by atoms with van der Waals surface area (Å²) in [6.45, 7) is 2.12. The summed E-state index contributed by atoms with van der Waals surface area (Å²) in [5, 5.41) is 6.81. The molecule has 2 aromatic rings. The molecule has 0 aliphatic rings. The van der Waals surface area contributed by atoms with Crippen molar-refractivity contribution in [2.75, 3.05) is 12.8 Å². The van der Waals surface area contributed by atoms with Crippen molar-refractivity contribution in [1.82, 2.24) is 10.2 Å². The average molecular weight is 217 g/mol. The Hall–Kier alpha value is -1.97. The first-order chi connectivity index (χ1) is 7.74. The highest BCUT2D eigenvalue weighted by atomic mass is 16.5. The normalized spacial score (nSPS) is 10.4. The van der Waals surface area contributed by atoms with Gasteiger partial charge >= 0.3 is 0 Å². The topological polar surface area (TPSA) is 63.9 Å². The van der Waals surface area contributed by atoms with Crippen LogP contribution in [0.25, 0.3) is 11.3 Å². The highest BCUT2D eigenvalue weighted by molar-refractivity contribution is 5.69. The Kier molecular flexibility index (Phi) is 2.81. The maximum absolute atomic E-state index is 5.59. The number of benzene rings is 1. The second kappa shape index (κ2) is 4.26. The van der Waals surface area contributed by atoms with Gasteiger partial charge in [-0.25, -0.2) is 0 Å². The minimum absolute atomic E-state index is 0.485. The van der Waals surface area contributed by atoms with Gasteiger partial charge < -0.3 is 10.5 Å². The van der Waals surface area contributed by atoms with E-state index in [1.807, 2.05) is 6.07 Å². The summed E-state index contributed by atoms with van der Waals surface area (Å²) in [6, 6.07) is 7.91. The Labute approximate surface area is 94.4 Å². The molecule has 0 aliphatic carbocycles. The van der Waals surface area contributed by atoms with Gasteiger partial charge in [0.2, 0.25) is 0 Å². The van der Waals surface area contributed by atoms with Gasteiger partial charge in [0.15, 0.2) is 0 Å². The molecule has 84 valence electrons. The van der Waals surface area contributed by atoms with Crippen molar-refractivity contribution in [2.45, 2.75) is 13.3 Å². The lowest BCUT2D eigenvalue weighted by Crippen LogP contribution is -1.90. The lowest BCUT2D eigenvalue weighted by atomic mass is 10.1. The molecule has 0 radical (unpaired) electrons. The minimum atomic E-state index is 0.485. The molecule has 1 aromatic heterocycles. The fraction of sp³-hybridized carbons (Fsp3) is 0.250. The zero-order valence-corrected chi connectivity index (χ0v) is 9.45. The van der Waals surface area contributed by atoms with Crippen molar-refractivity contribution < 1.29 is 4.74 Å². The number of aromatic nitrogens is 2. The van der Waals surface area contributed by atoms with E-state index < -0.39 is 0 Å². The lowest BCUT2D eigenvalue weighted by molar-refractivity contribution is 0.416. The number of H-pyrrole nitrogens is 1. The van der Waals surface area contributed by atoms with Crippen LogP contribution in [0.5, 0.6) is 5.75 Å². The highest BCUT2D eigenvalue weighted by Crippen LogP contribution is 2.30. The summed E-state index contributed by atoms with van der Waals surface area (Å²) in [7, 11) is 1.66. The second-order valence-electron chi connectivity index (χ2n) is 3.59. The Balaban J connectivity index is 2.52. The molecule has 0 spiro atoms. The smallest absolute Gasteiger partial charge is 0.145 e. The first kappa shape index (κ1) is 10.5. The van der Waals surface area contributed by atoms with Crippen LogP contribution < -0.4 is 10.5 Å². The lowest BCUT2D eigenvalue weighted by Gasteiger charge is -2.08. The monoisotopic (exact) mass is 217 g/mol. The number of rotatable bonds is 3.